The maximum atomic E-state index is 8.72. The number of ether oxygens (including phenoxy) is 1. The zero-order chi connectivity index (χ0) is 12.0. The predicted molar refractivity (Wildman–Crippen MR) is 65.9 cm³/mol. The number of aliphatic hydroxyl groups excluding tert-OH is 1. The molecule has 3 nitrogen and oxygen atoms in total. The molecule has 0 saturated carbocycles. The largest absolute Gasteiger partial charge is 0.496 e. The lowest BCUT2D eigenvalue weighted by molar-refractivity contribution is 0.291. The van der Waals surface area contributed by atoms with Gasteiger partial charge in [-0.05, 0) is 17.5 Å². The van der Waals surface area contributed by atoms with Crippen LogP contribution < -0.4 is 10.1 Å². The van der Waals surface area contributed by atoms with Gasteiger partial charge < -0.3 is 15.2 Å². The van der Waals surface area contributed by atoms with E-state index in [0.29, 0.717) is 12.5 Å². The summed E-state index contributed by atoms with van der Waals surface area (Å²) in [6.45, 7) is 5.84. The van der Waals surface area contributed by atoms with Gasteiger partial charge >= 0.3 is 0 Å². The molecule has 0 bridgehead atoms. The van der Waals surface area contributed by atoms with Crippen LogP contribution in [0.25, 0.3) is 0 Å². The average molecular weight is 223 g/mol. The van der Waals surface area contributed by atoms with Crippen LogP contribution in [0.5, 0.6) is 5.75 Å². The van der Waals surface area contributed by atoms with Crippen LogP contribution in [0.1, 0.15) is 30.9 Å². The first-order chi connectivity index (χ1) is 7.69. The van der Waals surface area contributed by atoms with E-state index in [0.717, 1.165) is 17.9 Å². The second kappa shape index (κ2) is 6.51. The van der Waals surface area contributed by atoms with Crippen molar-refractivity contribution in [1.82, 2.24) is 5.32 Å². The molecule has 90 valence electrons. The van der Waals surface area contributed by atoms with E-state index in [1.807, 2.05) is 6.07 Å². The summed E-state index contributed by atoms with van der Waals surface area (Å²) in [5.41, 5.74) is 2.45. The molecule has 0 fully saturated rings. The van der Waals surface area contributed by atoms with Crippen molar-refractivity contribution in [3.63, 3.8) is 0 Å². The van der Waals surface area contributed by atoms with Crippen molar-refractivity contribution in [2.75, 3.05) is 20.3 Å². The molecule has 0 amide bonds. The lowest BCUT2D eigenvalue weighted by atomic mass is 10.0. The first-order valence-electron chi connectivity index (χ1n) is 5.67. The van der Waals surface area contributed by atoms with Gasteiger partial charge in [0.1, 0.15) is 5.75 Å². The fourth-order valence-electron chi connectivity index (χ4n) is 1.60. The number of hydrogen-bond acceptors (Lipinski definition) is 3. The third kappa shape index (κ3) is 3.51. The fraction of sp³-hybridized carbons (Fsp3) is 0.538. The van der Waals surface area contributed by atoms with E-state index in [-0.39, 0.29) is 6.61 Å². The van der Waals surface area contributed by atoms with Crippen molar-refractivity contribution in [1.29, 1.82) is 0 Å². The number of benzene rings is 1. The van der Waals surface area contributed by atoms with Crippen LogP contribution >= 0.6 is 0 Å². The SMILES string of the molecule is COc1ccc(C(C)C)cc1CNCCO. The van der Waals surface area contributed by atoms with Gasteiger partial charge in [0, 0.05) is 18.7 Å². The third-order valence-electron chi connectivity index (χ3n) is 2.58. The first kappa shape index (κ1) is 13.0. The van der Waals surface area contributed by atoms with Gasteiger partial charge in [-0.15, -0.1) is 0 Å². The Morgan fingerprint density at radius 3 is 2.69 bits per heavy atom. The summed E-state index contributed by atoms with van der Waals surface area (Å²) >= 11 is 0. The highest BCUT2D eigenvalue weighted by atomic mass is 16.5. The Morgan fingerprint density at radius 2 is 2.12 bits per heavy atom. The minimum Gasteiger partial charge on any atom is -0.496 e. The molecule has 16 heavy (non-hydrogen) atoms. The van der Waals surface area contributed by atoms with E-state index in [1.165, 1.54) is 5.56 Å². The highest BCUT2D eigenvalue weighted by Crippen LogP contribution is 2.23. The van der Waals surface area contributed by atoms with Crippen molar-refractivity contribution in [3.8, 4) is 5.75 Å². The Hall–Kier alpha value is -1.06. The Labute approximate surface area is 97.4 Å². The van der Waals surface area contributed by atoms with E-state index >= 15 is 0 Å². The molecule has 1 aromatic rings. The minimum absolute atomic E-state index is 0.159. The van der Waals surface area contributed by atoms with Gasteiger partial charge in [0.25, 0.3) is 0 Å². The molecule has 0 aliphatic rings. The van der Waals surface area contributed by atoms with Gasteiger partial charge in [0.05, 0.1) is 13.7 Å². The van der Waals surface area contributed by atoms with Crippen molar-refractivity contribution < 1.29 is 9.84 Å². The second-order valence-electron chi connectivity index (χ2n) is 4.13. The van der Waals surface area contributed by atoms with Crippen LogP contribution in [0.3, 0.4) is 0 Å². The van der Waals surface area contributed by atoms with Gasteiger partial charge in [-0.3, -0.25) is 0 Å². The van der Waals surface area contributed by atoms with E-state index in [9.17, 15) is 0 Å². The van der Waals surface area contributed by atoms with Crippen LogP contribution in [0.2, 0.25) is 0 Å². The summed E-state index contributed by atoms with van der Waals surface area (Å²) in [4.78, 5) is 0. The lowest BCUT2D eigenvalue weighted by Gasteiger charge is -2.13. The zero-order valence-electron chi connectivity index (χ0n) is 10.3. The molecule has 2 N–H and O–H groups in total. The molecule has 0 saturated heterocycles. The summed E-state index contributed by atoms with van der Waals surface area (Å²) < 4.78 is 5.31. The lowest BCUT2D eigenvalue weighted by Crippen LogP contribution is -2.18. The van der Waals surface area contributed by atoms with Crippen molar-refractivity contribution in [3.05, 3.63) is 29.3 Å². The summed E-state index contributed by atoms with van der Waals surface area (Å²) in [5.74, 6) is 1.41. The monoisotopic (exact) mass is 223 g/mol. The second-order valence-corrected chi connectivity index (χ2v) is 4.13. The third-order valence-corrected chi connectivity index (χ3v) is 2.58. The molecule has 0 atom stereocenters. The highest BCUT2D eigenvalue weighted by molar-refractivity contribution is 5.38. The van der Waals surface area contributed by atoms with Gasteiger partial charge in [-0.1, -0.05) is 26.0 Å². The molecule has 0 unspecified atom stereocenters. The van der Waals surface area contributed by atoms with Crippen molar-refractivity contribution in [2.45, 2.75) is 26.3 Å². The average Bonchev–Trinajstić information content (AvgIpc) is 2.29. The molecule has 0 spiro atoms. The normalized spacial score (nSPS) is 10.8. The number of aliphatic hydroxyl groups is 1. The molecular weight excluding hydrogens is 202 g/mol. The smallest absolute Gasteiger partial charge is 0.123 e. The quantitative estimate of drug-likeness (QED) is 0.724. The molecule has 3 heteroatoms. The van der Waals surface area contributed by atoms with E-state index in [4.69, 9.17) is 9.84 Å². The molecule has 1 aromatic carbocycles. The predicted octanol–water partition coefficient (Wildman–Crippen LogP) is 1.90. The van der Waals surface area contributed by atoms with Crippen LogP contribution in [0, 0.1) is 0 Å². The molecular formula is C13H21NO2. The zero-order valence-corrected chi connectivity index (χ0v) is 10.3. The number of hydrogen-bond donors (Lipinski definition) is 2. The maximum Gasteiger partial charge on any atom is 0.123 e. The summed E-state index contributed by atoms with van der Waals surface area (Å²) in [6.07, 6.45) is 0. The van der Waals surface area contributed by atoms with Crippen LogP contribution in [-0.2, 0) is 6.54 Å². The fourth-order valence-corrected chi connectivity index (χ4v) is 1.60. The van der Waals surface area contributed by atoms with Gasteiger partial charge in [0.2, 0.25) is 0 Å². The minimum atomic E-state index is 0.159. The molecule has 0 aliphatic heterocycles. The van der Waals surface area contributed by atoms with Crippen LogP contribution in [0.4, 0.5) is 0 Å². The topological polar surface area (TPSA) is 41.5 Å². The standard InChI is InChI=1S/C13H21NO2/c1-10(2)11-4-5-13(16-3)12(8-11)9-14-6-7-15/h4-5,8,10,14-15H,6-7,9H2,1-3H3. The summed E-state index contributed by atoms with van der Waals surface area (Å²) in [5, 5.41) is 11.9. The summed E-state index contributed by atoms with van der Waals surface area (Å²) in [7, 11) is 1.68. The van der Waals surface area contributed by atoms with Crippen LogP contribution in [0.15, 0.2) is 18.2 Å². The van der Waals surface area contributed by atoms with E-state index in [1.54, 1.807) is 7.11 Å². The summed E-state index contributed by atoms with van der Waals surface area (Å²) in [6, 6.07) is 6.26. The van der Waals surface area contributed by atoms with Gasteiger partial charge in [0.15, 0.2) is 0 Å². The Kier molecular flexibility index (Phi) is 5.29. The Balaban J connectivity index is 2.80. The number of methoxy groups -OCH3 is 1. The van der Waals surface area contributed by atoms with E-state index in [2.05, 4.69) is 31.3 Å². The Bertz CT molecular complexity index is 324. The molecule has 0 heterocycles. The molecule has 0 aromatic heterocycles. The Morgan fingerprint density at radius 1 is 1.38 bits per heavy atom. The maximum absolute atomic E-state index is 8.72. The van der Waals surface area contributed by atoms with Crippen molar-refractivity contribution in [2.24, 2.45) is 0 Å². The van der Waals surface area contributed by atoms with Crippen molar-refractivity contribution >= 4 is 0 Å². The highest BCUT2D eigenvalue weighted by Gasteiger charge is 2.06. The number of nitrogens with one attached hydrogen (secondary N) is 1. The van der Waals surface area contributed by atoms with Crippen LogP contribution in [-0.4, -0.2) is 25.4 Å². The molecule has 1 rings (SSSR count). The number of rotatable bonds is 6. The molecule has 0 aliphatic carbocycles. The van der Waals surface area contributed by atoms with Gasteiger partial charge in [-0.2, -0.15) is 0 Å². The first-order valence-corrected chi connectivity index (χ1v) is 5.67. The van der Waals surface area contributed by atoms with E-state index < -0.39 is 0 Å². The van der Waals surface area contributed by atoms with Gasteiger partial charge in [-0.25, -0.2) is 0 Å². The molecule has 0 radical (unpaired) electrons.